The van der Waals surface area contributed by atoms with Crippen LogP contribution in [0.15, 0.2) is 54.7 Å². The SMILES string of the molecule is COc1cc(C(=O)N(C)CCN2CCCC2)ccc1Nc1cc2c(cn1)N(C)C(=O)c1ccccc1N2C. The lowest BCUT2D eigenvalue weighted by Gasteiger charge is -2.23. The van der Waals surface area contributed by atoms with Gasteiger partial charge < -0.3 is 29.7 Å². The molecule has 9 heteroatoms. The number of pyridine rings is 1. The van der Waals surface area contributed by atoms with Crippen LogP contribution in [0.3, 0.4) is 0 Å². The number of rotatable bonds is 7. The molecule has 2 aromatic carbocycles. The van der Waals surface area contributed by atoms with Gasteiger partial charge in [-0.1, -0.05) is 12.1 Å². The van der Waals surface area contributed by atoms with Crippen LogP contribution in [-0.2, 0) is 0 Å². The topological polar surface area (TPSA) is 81.2 Å². The van der Waals surface area contributed by atoms with Crippen LogP contribution >= 0.6 is 0 Å². The van der Waals surface area contributed by atoms with Crippen LogP contribution in [0.1, 0.15) is 33.6 Å². The molecule has 1 N–H and O–H groups in total. The number of ether oxygens (including phenoxy) is 1. The zero-order valence-electron chi connectivity index (χ0n) is 22.4. The summed E-state index contributed by atoms with van der Waals surface area (Å²) in [7, 11) is 7.12. The van der Waals surface area contributed by atoms with Crippen molar-refractivity contribution in [2.75, 3.05) is 69.5 Å². The highest BCUT2D eigenvalue weighted by molar-refractivity contribution is 6.13. The van der Waals surface area contributed by atoms with Gasteiger partial charge in [-0.3, -0.25) is 9.59 Å². The van der Waals surface area contributed by atoms with Gasteiger partial charge in [0, 0.05) is 45.9 Å². The van der Waals surface area contributed by atoms with E-state index >= 15 is 0 Å². The van der Waals surface area contributed by atoms with E-state index in [1.807, 2.05) is 55.4 Å². The molecule has 2 amide bonds. The van der Waals surface area contributed by atoms with E-state index in [4.69, 9.17) is 4.74 Å². The molecule has 38 heavy (non-hydrogen) atoms. The van der Waals surface area contributed by atoms with E-state index in [1.54, 1.807) is 42.3 Å². The molecule has 0 spiro atoms. The van der Waals surface area contributed by atoms with E-state index in [9.17, 15) is 9.59 Å². The first-order chi connectivity index (χ1) is 18.4. The number of amides is 2. The molecule has 3 aromatic rings. The van der Waals surface area contributed by atoms with Crippen molar-refractivity contribution in [2.45, 2.75) is 12.8 Å². The average Bonchev–Trinajstić information content (AvgIpc) is 3.46. The number of likely N-dealkylation sites (N-methyl/N-ethyl adjacent to an activating group) is 1. The molecule has 1 fully saturated rings. The van der Waals surface area contributed by atoms with Crippen molar-refractivity contribution in [2.24, 2.45) is 0 Å². The van der Waals surface area contributed by atoms with Gasteiger partial charge in [0.15, 0.2) is 0 Å². The minimum atomic E-state index is -0.0824. The standard InChI is InChI=1S/C29H34N6O3/c1-32(15-16-35-13-7-8-14-35)28(36)20-11-12-22(26(17-20)38-4)31-27-18-24-25(19-30-27)34(3)29(37)21-9-5-6-10-23(21)33(24)2/h5-6,9-12,17-19H,7-8,13-16H2,1-4H3,(H,30,31). The van der Waals surface area contributed by atoms with Crippen molar-refractivity contribution in [3.05, 3.63) is 65.9 Å². The van der Waals surface area contributed by atoms with Gasteiger partial charge in [-0.15, -0.1) is 0 Å². The molecule has 3 heterocycles. The maximum absolute atomic E-state index is 13.1. The van der Waals surface area contributed by atoms with Gasteiger partial charge in [-0.2, -0.15) is 0 Å². The van der Waals surface area contributed by atoms with Crippen LogP contribution < -0.4 is 19.9 Å². The number of anilines is 5. The Morgan fingerprint density at radius 3 is 2.55 bits per heavy atom. The molecule has 5 rings (SSSR count). The third-order valence-corrected chi connectivity index (χ3v) is 7.39. The van der Waals surface area contributed by atoms with Crippen LogP contribution in [0.2, 0.25) is 0 Å². The minimum Gasteiger partial charge on any atom is -0.495 e. The zero-order chi connectivity index (χ0) is 26.8. The Bertz CT molecular complexity index is 1350. The number of methoxy groups -OCH3 is 1. The van der Waals surface area contributed by atoms with E-state index in [2.05, 4.69) is 15.2 Å². The number of hydrogen-bond acceptors (Lipinski definition) is 7. The van der Waals surface area contributed by atoms with E-state index in [-0.39, 0.29) is 11.8 Å². The molecule has 198 valence electrons. The van der Waals surface area contributed by atoms with Crippen molar-refractivity contribution in [1.29, 1.82) is 0 Å². The molecular formula is C29H34N6O3. The summed E-state index contributed by atoms with van der Waals surface area (Å²) in [6.07, 6.45) is 4.17. The van der Waals surface area contributed by atoms with E-state index < -0.39 is 0 Å². The second-order valence-electron chi connectivity index (χ2n) is 9.81. The largest absolute Gasteiger partial charge is 0.495 e. The summed E-state index contributed by atoms with van der Waals surface area (Å²) in [5.74, 6) is 1.02. The van der Waals surface area contributed by atoms with Gasteiger partial charge in [0.05, 0.1) is 41.6 Å². The fourth-order valence-corrected chi connectivity index (χ4v) is 5.08. The number of para-hydroxylation sites is 1. The minimum absolute atomic E-state index is 0.0369. The summed E-state index contributed by atoms with van der Waals surface area (Å²) in [6, 6.07) is 14.9. The predicted octanol–water partition coefficient (Wildman–Crippen LogP) is 4.36. The van der Waals surface area contributed by atoms with Crippen LogP contribution in [0.25, 0.3) is 0 Å². The fraction of sp³-hybridized carbons (Fsp3) is 0.345. The van der Waals surface area contributed by atoms with Crippen molar-refractivity contribution < 1.29 is 14.3 Å². The van der Waals surface area contributed by atoms with Gasteiger partial charge >= 0.3 is 0 Å². The summed E-state index contributed by atoms with van der Waals surface area (Å²) in [5.41, 5.74) is 4.28. The van der Waals surface area contributed by atoms with Crippen molar-refractivity contribution in [3.8, 4) is 5.75 Å². The Morgan fingerprint density at radius 2 is 1.79 bits per heavy atom. The van der Waals surface area contributed by atoms with E-state index in [0.717, 1.165) is 31.0 Å². The molecule has 1 aromatic heterocycles. The van der Waals surface area contributed by atoms with Crippen LogP contribution in [0, 0.1) is 0 Å². The third-order valence-electron chi connectivity index (χ3n) is 7.39. The Balaban J connectivity index is 1.36. The maximum Gasteiger partial charge on any atom is 0.260 e. The summed E-state index contributed by atoms with van der Waals surface area (Å²) < 4.78 is 5.63. The van der Waals surface area contributed by atoms with E-state index in [1.165, 1.54) is 12.8 Å². The first-order valence-corrected chi connectivity index (χ1v) is 12.9. The van der Waals surface area contributed by atoms with Crippen LogP contribution in [0.5, 0.6) is 5.75 Å². The lowest BCUT2D eigenvalue weighted by Crippen LogP contribution is -2.35. The van der Waals surface area contributed by atoms with Crippen LogP contribution in [0.4, 0.5) is 28.6 Å². The Morgan fingerprint density at radius 1 is 1.03 bits per heavy atom. The number of aromatic nitrogens is 1. The molecule has 9 nitrogen and oxygen atoms in total. The highest BCUT2D eigenvalue weighted by Crippen LogP contribution is 2.40. The number of likely N-dealkylation sites (tertiary alicyclic amines) is 1. The number of nitrogens with one attached hydrogen (secondary N) is 1. The van der Waals surface area contributed by atoms with Gasteiger partial charge in [0.1, 0.15) is 11.6 Å². The number of hydrogen-bond donors (Lipinski definition) is 1. The van der Waals surface area contributed by atoms with Gasteiger partial charge in [0.2, 0.25) is 0 Å². The summed E-state index contributed by atoms with van der Waals surface area (Å²) in [4.78, 5) is 38.5. The molecular weight excluding hydrogens is 480 g/mol. The third kappa shape index (κ3) is 4.89. The molecule has 2 aliphatic rings. The second-order valence-corrected chi connectivity index (χ2v) is 9.81. The first kappa shape index (κ1) is 25.5. The monoisotopic (exact) mass is 514 g/mol. The molecule has 0 aliphatic carbocycles. The van der Waals surface area contributed by atoms with Crippen molar-refractivity contribution in [1.82, 2.24) is 14.8 Å². The normalized spacial score (nSPS) is 15.1. The second kappa shape index (κ2) is 10.7. The number of nitrogens with zero attached hydrogens (tertiary/aromatic N) is 5. The lowest BCUT2D eigenvalue weighted by molar-refractivity contribution is 0.0781. The highest BCUT2D eigenvalue weighted by Gasteiger charge is 2.28. The Hall–Kier alpha value is -4.11. The van der Waals surface area contributed by atoms with Gasteiger partial charge in [-0.05, 0) is 56.3 Å². The highest BCUT2D eigenvalue weighted by atomic mass is 16.5. The Labute approximate surface area is 223 Å². The van der Waals surface area contributed by atoms with Gasteiger partial charge in [0.25, 0.3) is 11.8 Å². The molecule has 0 unspecified atom stereocenters. The number of fused-ring (bicyclic) bond motifs is 2. The number of carbonyl (C=O) groups excluding carboxylic acids is 2. The quantitative estimate of drug-likeness (QED) is 0.502. The molecule has 0 bridgehead atoms. The van der Waals surface area contributed by atoms with Crippen LogP contribution in [-0.4, -0.2) is 81.0 Å². The Kier molecular flexibility index (Phi) is 7.20. The summed E-state index contributed by atoms with van der Waals surface area (Å²) >= 11 is 0. The summed E-state index contributed by atoms with van der Waals surface area (Å²) in [5, 5.41) is 3.32. The first-order valence-electron chi connectivity index (χ1n) is 12.9. The van der Waals surface area contributed by atoms with E-state index in [0.29, 0.717) is 40.6 Å². The number of carbonyl (C=O) groups is 2. The predicted molar refractivity (Wildman–Crippen MR) is 150 cm³/mol. The average molecular weight is 515 g/mol. The molecule has 1 saturated heterocycles. The molecule has 2 aliphatic heterocycles. The molecule has 0 saturated carbocycles. The molecule has 0 radical (unpaired) electrons. The van der Waals surface area contributed by atoms with Crippen molar-refractivity contribution in [3.63, 3.8) is 0 Å². The fourth-order valence-electron chi connectivity index (χ4n) is 5.08. The molecule has 0 atom stereocenters. The zero-order valence-corrected chi connectivity index (χ0v) is 22.4. The van der Waals surface area contributed by atoms with Crippen molar-refractivity contribution >= 4 is 40.4 Å². The summed E-state index contributed by atoms with van der Waals surface area (Å²) in [6.45, 7) is 3.81. The number of benzene rings is 2. The van der Waals surface area contributed by atoms with Gasteiger partial charge in [-0.25, -0.2) is 4.98 Å². The smallest absolute Gasteiger partial charge is 0.260 e. The lowest BCUT2D eigenvalue weighted by atomic mass is 10.1. The maximum atomic E-state index is 13.1.